The van der Waals surface area contributed by atoms with Crippen LogP contribution in [0, 0.1) is 0 Å². The number of carbonyl (C=O) groups is 1. The van der Waals surface area contributed by atoms with Crippen LogP contribution in [0.2, 0.25) is 0 Å². The number of carbonyl (C=O) groups excluding carboxylic acids is 1. The summed E-state index contributed by atoms with van der Waals surface area (Å²) in [7, 11) is 2.17. The standard InChI is InChI=1S/C19H32N6O2/c1-3-4-13-27-19-21-17(20)15-14-16(26)25(18(15)22-19)8-6-5-7-24-11-9-23(2)10-12-24/h3-14H2,1-2H3,(H2,20,21,22). The number of nitrogens with zero attached hydrogens (tertiary/aromatic N) is 5. The Kier molecular flexibility index (Phi) is 6.84. The van der Waals surface area contributed by atoms with E-state index in [9.17, 15) is 4.79 Å². The number of likely N-dealkylation sites (N-methyl/N-ethyl adjacent to an activating group) is 1. The number of hydrogen-bond donors (Lipinski definition) is 1. The summed E-state index contributed by atoms with van der Waals surface area (Å²) in [5.41, 5.74) is 6.78. The molecule has 0 atom stereocenters. The van der Waals surface area contributed by atoms with Crippen molar-refractivity contribution in [3.05, 3.63) is 5.56 Å². The lowest BCUT2D eigenvalue weighted by atomic mass is 10.2. The minimum atomic E-state index is 0.0521. The van der Waals surface area contributed by atoms with Gasteiger partial charge in [-0.25, -0.2) is 0 Å². The lowest BCUT2D eigenvalue weighted by Gasteiger charge is -2.32. The molecule has 3 heterocycles. The van der Waals surface area contributed by atoms with E-state index >= 15 is 0 Å². The van der Waals surface area contributed by atoms with Crippen LogP contribution in [0.4, 0.5) is 11.6 Å². The predicted octanol–water partition coefficient (Wildman–Crippen LogP) is 1.15. The van der Waals surface area contributed by atoms with Crippen molar-refractivity contribution in [1.82, 2.24) is 19.8 Å². The number of fused-ring (bicyclic) bond motifs is 1. The molecule has 0 unspecified atom stereocenters. The minimum absolute atomic E-state index is 0.0521. The van der Waals surface area contributed by atoms with Crippen LogP contribution in [-0.2, 0) is 11.2 Å². The normalized spacial score (nSPS) is 18.1. The van der Waals surface area contributed by atoms with Crippen molar-refractivity contribution in [1.29, 1.82) is 0 Å². The van der Waals surface area contributed by atoms with Gasteiger partial charge in [-0.15, -0.1) is 0 Å². The number of unbranched alkanes of at least 4 members (excludes halogenated alkanes) is 2. The molecule has 0 radical (unpaired) electrons. The predicted molar refractivity (Wildman–Crippen MR) is 106 cm³/mol. The van der Waals surface area contributed by atoms with Crippen LogP contribution in [0.1, 0.15) is 38.2 Å². The number of ether oxygens (including phenoxy) is 1. The molecule has 1 aromatic rings. The largest absolute Gasteiger partial charge is 0.463 e. The second kappa shape index (κ2) is 9.32. The quantitative estimate of drug-likeness (QED) is 0.647. The SMILES string of the molecule is CCCCOc1nc(N)c2c(n1)N(CCCCN1CCN(C)CC1)C(=O)C2. The van der Waals surface area contributed by atoms with Gasteiger partial charge < -0.3 is 20.3 Å². The minimum Gasteiger partial charge on any atom is -0.463 e. The average molecular weight is 377 g/mol. The number of nitrogens with two attached hydrogens (primary N) is 1. The zero-order valence-electron chi connectivity index (χ0n) is 16.6. The van der Waals surface area contributed by atoms with Crippen LogP contribution < -0.4 is 15.4 Å². The highest BCUT2D eigenvalue weighted by Crippen LogP contribution is 2.32. The van der Waals surface area contributed by atoms with Gasteiger partial charge in [0.05, 0.1) is 13.0 Å². The summed E-state index contributed by atoms with van der Waals surface area (Å²) >= 11 is 0. The molecule has 8 heteroatoms. The molecule has 1 fully saturated rings. The van der Waals surface area contributed by atoms with Crippen LogP contribution >= 0.6 is 0 Å². The molecule has 1 aromatic heterocycles. The maximum atomic E-state index is 12.4. The molecule has 2 aliphatic heterocycles. The lowest BCUT2D eigenvalue weighted by molar-refractivity contribution is -0.117. The molecule has 1 saturated heterocycles. The number of rotatable bonds is 9. The molecule has 27 heavy (non-hydrogen) atoms. The Labute approximate surface area is 161 Å². The van der Waals surface area contributed by atoms with Gasteiger partial charge >= 0.3 is 6.01 Å². The molecule has 0 aromatic carbocycles. The van der Waals surface area contributed by atoms with E-state index in [4.69, 9.17) is 10.5 Å². The Bertz CT molecular complexity index is 645. The second-order valence-electron chi connectivity index (χ2n) is 7.47. The number of aromatic nitrogens is 2. The van der Waals surface area contributed by atoms with Gasteiger partial charge in [0, 0.05) is 38.3 Å². The zero-order chi connectivity index (χ0) is 19.2. The van der Waals surface area contributed by atoms with Gasteiger partial charge in [0.1, 0.15) is 11.6 Å². The van der Waals surface area contributed by atoms with Crippen molar-refractivity contribution in [3.63, 3.8) is 0 Å². The van der Waals surface area contributed by atoms with E-state index in [2.05, 4.69) is 33.7 Å². The number of piperazine rings is 1. The fourth-order valence-corrected chi connectivity index (χ4v) is 3.51. The van der Waals surface area contributed by atoms with Crippen molar-refractivity contribution < 1.29 is 9.53 Å². The van der Waals surface area contributed by atoms with Crippen molar-refractivity contribution in [2.45, 2.75) is 39.0 Å². The van der Waals surface area contributed by atoms with Crippen LogP contribution in [0.5, 0.6) is 6.01 Å². The first-order chi connectivity index (χ1) is 13.1. The highest BCUT2D eigenvalue weighted by molar-refractivity contribution is 6.01. The highest BCUT2D eigenvalue weighted by atomic mass is 16.5. The Morgan fingerprint density at radius 2 is 1.81 bits per heavy atom. The highest BCUT2D eigenvalue weighted by Gasteiger charge is 2.31. The Balaban J connectivity index is 1.53. The smallest absolute Gasteiger partial charge is 0.320 e. The monoisotopic (exact) mass is 376 g/mol. The Hall–Kier alpha value is -1.93. The van der Waals surface area contributed by atoms with Crippen molar-refractivity contribution in [3.8, 4) is 6.01 Å². The summed E-state index contributed by atoms with van der Waals surface area (Å²) in [4.78, 5) is 27.7. The lowest BCUT2D eigenvalue weighted by Crippen LogP contribution is -2.44. The summed E-state index contributed by atoms with van der Waals surface area (Å²) in [6, 6.07) is 0.275. The van der Waals surface area contributed by atoms with Crippen molar-refractivity contribution >= 4 is 17.5 Å². The van der Waals surface area contributed by atoms with Crippen molar-refractivity contribution in [2.75, 3.05) is 63.6 Å². The number of amides is 1. The Morgan fingerprint density at radius 3 is 2.56 bits per heavy atom. The molecule has 0 bridgehead atoms. The molecule has 150 valence electrons. The first-order valence-electron chi connectivity index (χ1n) is 10.1. The van der Waals surface area contributed by atoms with E-state index < -0.39 is 0 Å². The van der Waals surface area contributed by atoms with E-state index in [1.807, 2.05) is 0 Å². The molecule has 8 nitrogen and oxygen atoms in total. The third kappa shape index (κ3) is 5.07. The van der Waals surface area contributed by atoms with E-state index in [-0.39, 0.29) is 18.3 Å². The average Bonchev–Trinajstić information content (AvgIpc) is 2.97. The van der Waals surface area contributed by atoms with Gasteiger partial charge in [-0.05, 0) is 32.9 Å². The van der Waals surface area contributed by atoms with Crippen LogP contribution in [0.25, 0.3) is 0 Å². The van der Waals surface area contributed by atoms with Crippen LogP contribution in [-0.4, -0.2) is 78.6 Å². The van der Waals surface area contributed by atoms with Crippen LogP contribution in [0.15, 0.2) is 0 Å². The van der Waals surface area contributed by atoms with Crippen LogP contribution in [0.3, 0.4) is 0 Å². The fraction of sp³-hybridized carbons (Fsp3) is 0.737. The van der Waals surface area contributed by atoms with Gasteiger partial charge in [-0.1, -0.05) is 13.3 Å². The third-order valence-corrected chi connectivity index (χ3v) is 5.31. The second-order valence-corrected chi connectivity index (χ2v) is 7.47. The molecule has 2 aliphatic rings. The van der Waals surface area contributed by atoms with Gasteiger partial charge in [-0.3, -0.25) is 9.69 Å². The molecule has 0 saturated carbocycles. The number of anilines is 2. The van der Waals surface area contributed by atoms with Crippen molar-refractivity contribution in [2.24, 2.45) is 0 Å². The zero-order valence-corrected chi connectivity index (χ0v) is 16.6. The number of nitrogen functional groups attached to an aromatic ring is 1. The summed E-state index contributed by atoms with van der Waals surface area (Å²) in [5.74, 6) is 1.05. The molecule has 2 N–H and O–H groups in total. The summed E-state index contributed by atoms with van der Waals surface area (Å²) in [5, 5.41) is 0. The first kappa shape index (κ1) is 19.8. The third-order valence-electron chi connectivity index (χ3n) is 5.31. The first-order valence-corrected chi connectivity index (χ1v) is 10.1. The Morgan fingerprint density at radius 1 is 1.07 bits per heavy atom. The van der Waals surface area contributed by atoms with E-state index in [0.717, 1.165) is 64.0 Å². The van der Waals surface area contributed by atoms with Gasteiger partial charge in [0.25, 0.3) is 0 Å². The molecule has 1 amide bonds. The fourth-order valence-electron chi connectivity index (χ4n) is 3.51. The van der Waals surface area contributed by atoms with E-state index in [1.165, 1.54) is 0 Å². The van der Waals surface area contributed by atoms with Gasteiger partial charge in [0.15, 0.2) is 0 Å². The summed E-state index contributed by atoms with van der Waals surface area (Å²) < 4.78 is 5.60. The van der Waals surface area contributed by atoms with Gasteiger partial charge in [-0.2, -0.15) is 9.97 Å². The van der Waals surface area contributed by atoms with Gasteiger partial charge in [0.2, 0.25) is 5.91 Å². The molecule has 0 aliphatic carbocycles. The number of hydrogen-bond acceptors (Lipinski definition) is 7. The van der Waals surface area contributed by atoms with E-state index in [0.29, 0.717) is 24.8 Å². The topological polar surface area (TPSA) is 87.8 Å². The molecule has 3 rings (SSSR count). The van der Waals surface area contributed by atoms with E-state index in [1.54, 1.807) is 4.90 Å². The molecular formula is C19H32N6O2. The maximum Gasteiger partial charge on any atom is 0.320 e. The maximum absolute atomic E-state index is 12.4. The summed E-state index contributed by atoms with van der Waals surface area (Å²) in [6.07, 6.45) is 4.29. The molecular weight excluding hydrogens is 344 g/mol. The molecule has 0 spiro atoms. The summed E-state index contributed by atoms with van der Waals surface area (Å²) in [6.45, 7) is 8.94.